The summed E-state index contributed by atoms with van der Waals surface area (Å²) in [6, 6.07) is 8.73. The molecule has 2 rings (SSSR count). The minimum Gasteiger partial charge on any atom is -1.00 e. The van der Waals surface area contributed by atoms with E-state index in [9.17, 15) is 4.79 Å². The molecule has 2 nitrogen and oxygen atoms in total. The quantitative estimate of drug-likeness (QED) is 0.273. The van der Waals surface area contributed by atoms with Gasteiger partial charge in [-0.1, -0.05) is 0 Å². The van der Waals surface area contributed by atoms with Gasteiger partial charge in [-0.2, -0.15) is 0 Å². The molecule has 1 aliphatic rings. The van der Waals surface area contributed by atoms with Crippen LogP contribution in [0.3, 0.4) is 0 Å². The van der Waals surface area contributed by atoms with Gasteiger partial charge in [0.05, 0.1) is 0 Å². The molecule has 0 spiro atoms. The Hall–Kier alpha value is 0.0970. The smallest absolute Gasteiger partial charge is 1.00 e. The third-order valence-corrected chi connectivity index (χ3v) is 30.1. The summed E-state index contributed by atoms with van der Waals surface area (Å²) in [5, 5.41) is 0. The molecular formula is C21H34Cl2HfNOSi. The maximum atomic E-state index is 12.5. The zero-order chi connectivity index (χ0) is 18.1. The van der Waals surface area contributed by atoms with Crippen LogP contribution in [0.5, 0.6) is 0 Å². The molecule has 0 bridgehead atoms. The zero-order valence-corrected chi connectivity index (χ0v) is 23.2. The van der Waals surface area contributed by atoms with E-state index in [1.165, 1.54) is 49.7 Å². The normalized spacial score (nSPS) is 14.3. The summed E-state index contributed by atoms with van der Waals surface area (Å²) in [4.78, 5) is 12.5. The van der Waals surface area contributed by atoms with Crippen molar-refractivity contribution in [2.45, 2.75) is 75.1 Å². The number of carbonyl (C=O) groups is 1. The number of hydrogen-bond acceptors (Lipinski definition) is 1. The van der Waals surface area contributed by atoms with Gasteiger partial charge in [-0.05, 0) is 0 Å². The summed E-state index contributed by atoms with van der Waals surface area (Å²) in [5.74, 6) is -0.442. The molecule has 151 valence electrons. The monoisotopic (exact) mass is 594 g/mol. The van der Waals surface area contributed by atoms with Crippen LogP contribution in [-0.4, -0.2) is 11.9 Å². The van der Waals surface area contributed by atoms with Gasteiger partial charge in [-0.15, -0.1) is 0 Å². The Kier molecular flexibility index (Phi) is 15.1. The molecule has 0 aliphatic heterocycles. The summed E-state index contributed by atoms with van der Waals surface area (Å²) in [5.41, 5.74) is 2.84. The fourth-order valence-corrected chi connectivity index (χ4v) is 24.5. The maximum Gasteiger partial charge on any atom is -1.00 e. The van der Waals surface area contributed by atoms with Crippen LogP contribution in [0.25, 0.3) is 6.08 Å². The molecule has 1 atom stereocenters. The Balaban J connectivity index is 0.00000338. The Morgan fingerprint density at radius 3 is 2.33 bits per heavy atom. The van der Waals surface area contributed by atoms with Crippen LogP contribution in [0.15, 0.2) is 30.3 Å². The summed E-state index contributed by atoms with van der Waals surface area (Å²) in [7, 11) is 0. The number of allylic oxidation sites excluding steroid dienone is 1. The molecule has 0 saturated heterocycles. The first-order valence-corrected chi connectivity index (χ1v) is 23.0. The second-order valence-electron chi connectivity index (χ2n) is 7.50. The number of fused-ring (bicyclic) bond motifs is 1. The fourth-order valence-electron chi connectivity index (χ4n) is 3.57. The van der Waals surface area contributed by atoms with Crippen molar-refractivity contribution >= 4 is 18.0 Å². The van der Waals surface area contributed by atoms with Gasteiger partial charge in [0.15, 0.2) is 0 Å². The third-order valence-electron chi connectivity index (χ3n) is 5.05. The van der Waals surface area contributed by atoms with Crippen LogP contribution >= 0.6 is 0 Å². The number of amides is 1. The predicted octanol–water partition coefficient (Wildman–Crippen LogP) is -0.464. The first-order chi connectivity index (χ1) is 12.1. The number of rotatable bonds is 11. The maximum absolute atomic E-state index is 12.5. The van der Waals surface area contributed by atoms with Crippen LogP contribution < -0.4 is 28.1 Å². The zero-order valence-electron chi connectivity index (χ0n) is 16.9. The number of hydrogen-bond donors (Lipinski definition) is 1. The van der Waals surface area contributed by atoms with Crippen LogP contribution in [0.1, 0.15) is 73.1 Å². The van der Waals surface area contributed by atoms with E-state index in [1.54, 1.807) is 0 Å². The molecule has 0 aromatic heterocycles. The number of carbonyl (C=O) groups excluding carboxylic acids is 1. The molecule has 0 fully saturated rings. The van der Waals surface area contributed by atoms with Crippen molar-refractivity contribution in [1.82, 2.24) is 3.30 Å². The first kappa shape index (κ1) is 27.1. The van der Waals surface area contributed by atoms with E-state index in [0.717, 1.165) is 12.8 Å². The molecule has 1 N–H and O–H groups in total. The van der Waals surface area contributed by atoms with Crippen LogP contribution in [0.2, 0.25) is 13.1 Å². The van der Waals surface area contributed by atoms with E-state index in [4.69, 9.17) is 0 Å². The van der Waals surface area contributed by atoms with E-state index in [1.807, 2.05) is 0 Å². The molecule has 1 unspecified atom stereocenters. The van der Waals surface area contributed by atoms with E-state index in [2.05, 4.69) is 59.7 Å². The fraction of sp³-hybridized carbons (Fsp3) is 0.571. The topological polar surface area (TPSA) is 29.1 Å². The molecule has 0 heterocycles. The van der Waals surface area contributed by atoms with Gasteiger partial charge in [-0.25, -0.2) is 0 Å². The standard InChI is InChI=1S/C10H21NO.C9H7.C2H7Si.2ClH.Hf/c1-2-3-4-5-6-7-8-9-10(11)12;1-2-5-9-7-3-6-8(9)4-1;1-3-2;;;/h2-9H2,1H3,(H2,11,12);1-7H;3H,1-2H3;2*1H;/q;;;;;+3/p-3. The van der Waals surface area contributed by atoms with Gasteiger partial charge < -0.3 is 24.8 Å². The minimum atomic E-state index is -2.13. The first-order valence-electron chi connectivity index (χ1n) is 10.1. The number of halogens is 2. The molecule has 1 aromatic rings. The summed E-state index contributed by atoms with van der Waals surface area (Å²) < 4.78 is 4.17. The van der Waals surface area contributed by atoms with Crippen LogP contribution in [0, 0.1) is 0 Å². The van der Waals surface area contributed by atoms with E-state index >= 15 is 0 Å². The molecule has 0 saturated carbocycles. The summed E-state index contributed by atoms with van der Waals surface area (Å²) in [6.07, 6.45) is 14.3. The Morgan fingerprint density at radius 1 is 1.04 bits per heavy atom. The summed E-state index contributed by atoms with van der Waals surface area (Å²) >= 11 is -2.13. The number of nitrogens with one attached hydrogen (secondary N) is 1. The molecule has 27 heavy (non-hydrogen) atoms. The van der Waals surface area contributed by atoms with Gasteiger partial charge >= 0.3 is 163 Å². The Bertz CT molecular complexity index is 583. The number of benzene rings is 1. The van der Waals surface area contributed by atoms with Gasteiger partial charge in [0.1, 0.15) is 0 Å². The second kappa shape index (κ2) is 15.0. The minimum absolute atomic E-state index is 0. The van der Waals surface area contributed by atoms with Crippen molar-refractivity contribution in [1.29, 1.82) is 0 Å². The Labute approximate surface area is 187 Å². The van der Waals surface area contributed by atoms with Crippen molar-refractivity contribution in [3.05, 3.63) is 41.5 Å². The van der Waals surface area contributed by atoms with Crippen LogP contribution in [-0.2, 0) is 25.7 Å². The predicted molar refractivity (Wildman–Crippen MR) is 108 cm³/mol. The van der Waals surface area contributed by atoms with Crippen molar-refractivity contribution in [2.24, 2.45) is 0 Å². The van der Waals surface area contributed by atoms with Crippen molar-refractivity contribution in [3.63, 3.8) is 0 Å². The van der Waals surface area contributed by atoms with Gasteiger partial charge in [0.2, 0.25) is 0 Å². The van der Waals surface area contributed by atoms with Gasteiger partial charge in [0, 0.05) is 0 Å². The van der Waals surface area contributed by atoms with Crippen molar-refractivity contribution in [2.75, 3.05) is 0 Å². The average molecular weight is 594 g/mol. The average Bonchev–Trinajstić information content (AvgIpc) is 3.02. The van der Waals surface area contributed by atoms with E-state index in [0.29, 0.717) is 9.58 Å². The third kappa shape index (κ3) is 8.97. The SMILES string of the molecule is CCCCCCCCCC(=O)[NH][Hf+2]([CH]1C=Cc2ccccc21)[SiH](C)C.[Cl-].[Cl-]. The largest absolute Gasteiger partial charge is 1.00 e. The Morgan fingerprint density at radius 2 is 1.67 bits per heavy atom. The van der Waals surface area contributed by atoms with Crippen molar-refractivity contribution < 1.29 is 50.5 Å². The van der Waals surface area contributed by atoms with Crippen molar-refractivity contribution in [3.8, 4) is 0 Å². The molecule has 1 aliphatic carbocycles. The molecule has 1 aromatic carbocycles. The number of unbranched alkanes of at least 4 members (excludes halogenated alkanes) is 6. The van der Waals surface area contributed by atoms with E-state index < -0.39 is 26.9 Å². The van der Waals surface area contributed by atoms with E-state index in [-0.39, 0.29) is 24.8 Å². The molecule has 6 heteroatoms. The van der Waals surface area contributed by atoms with Crippen LogP contribution in [0.4, 0.5) is 0 Å². The second-order valence-corrected chi connectivity index (χ2v) is 33.7. The molecular weight excluding hydrogens is 560 g/mol. The summed E-state index contributed by atoms with van der Waals surface area (Å²) in [6.45, 7) is 7.12. The van der Waals surface area contributed by atoms with Gasteiger partial charge in [0.25, 0.3) is 0 Å². The molecule has 1 amide bonds. The van der Waals surface area contributed by atoms with Gasteiger partial charge in [-0.3, -0.25) is 0 Å². The molecule has 0 radical (unpaired) electrons.